The van der Waals surface area contributed by atoms with Gasteiger partial charge in [0, 0.05) is 13.1 Å². The molecule has 2 fully saturated rings. The van der Waals surface area contributed by atoms with Gasteiger partial charge in [-0.15, -0.1) is 0 Å². The van der Waals surface area contributed by atoms with Crippen LogP contribution < -0.4 is 0 Å². The normalized spacial score (nSPS) is 25.1. The monoisotopic (exact) mass is 472 g/mol. The van der Waals surface area contributed by atoms with Crippen LogP contribution in [0.2, 0.25) is 0 Å². The van der Waals surface area contributed by atoms with Gasteiger partial charge in [0.25, 0.3) is 5.91 Å². The predicted octanol–water partition coefficient (Wildman–Crippen LogP) is 3.00. The highest BCUT2D eigenvalue weighted by Gasteiger charge is 2.62. The Hall–Kier alpha value is -3.07. The van der Waals surface area contributed by atoms with Crippen LogP contribution in [0, 0.1) is 19.8 Å². The van der Waals surface area contributed by atoms with Gasteiger partial charge in [0.15, 0.2) is 0 Å². The van der Waals surface area contributed by atoms with Crippen LogP contribution >= 0.6 is 0 Å². The van der Waals surface area contributed by atoms with Crippen molar-refractivity contribution in [3.63, 3.8) is 0 Å². The van der Waals surface area contributed by atoms with Crippen LogP contribution in [-0.4, -0.2) is 64.5 Å². The molecule has 1 spiro atoms. The number of β-amino-alcohol motifs (C(OH)–C–C–N with tert-alkyl or cyclic N) is 1. The molecule has 2 aromatic rings. The Kier molecular flexibility index (Phi) is 6.84. The van der Waals surface area contributed by atoms with Crippen molar-refractivity contribution in [3.05, 3.63) is 47.3 Å². The summed E-state index contributed by atoms with van der Waals surface area (Å²) in [5.41, 5.74) is -0.918. The third-order valence-electron chi connectivity index (χ3n) is 6.92. The lowest BCUT2D eigenvalue weighted by Gasteiger charge is -2.40. The number of aryl methyl sites for hydroxylation is 2. The second kappa shape index (κ2) is 9.66. The fourth-order valence-corrected chi connectivity index (χ4v) is 5.53. The first-order valence-corrected chi connectivity index (χ1v) is 11.8. The Morgan fingerprint density at radius 3 is 2.71 bits per heavy atom. The van der Waals surface area contributed by atoms with Gasteiger partial charge >= 0.3 is 5.97 Å². The minimum atomic E-state index is -1.27. The molecule has 184 valence electrons. The first-order chi connectivity index (χ1) is 16.3. The zero-order chi connectivity index (χ0) is 24.5. The number of carbonyl (C=O) groups excluding carboxylic acids is 3. The van der Waals surface area contributed by atoms with E-state index >= 15 is 0 Å². The molecule has 0 aromatic carbocycles. The standard InChI is InChI=1S/C25H32N2O7/c1-4-32-23(30)19-15-25(9-5-6-10-26(11-12-28)24(25)31)27(21(19)20-8-7-13-33-20)22(29)18-14-16(2)34-17(18)3/h7-8,13-14,19,21,28H,4-6,9-12,15H2,1-3H3/t19-,21+,25-/m0/s1. The average Bonchev–Trinajstić information content (AvgIpc) is 3.50. The van der Waals surface area contributed by atoms with Gasteiger partial charge in [0.1, 0.15) is 28.9 Å². The lowest BCUT2D eigenvalue weighted by Crippen LogP contribution is -2.58. The van der Waals surface area contributed by atoms with Crippen molar-refractivity contribution in [2.75, 3.05) is 26.3 Å². The van der Waals surface area contributed by atoms with Crippen molar-refractivity contribution >= 4 is 17.8 Å². The molecular formula is C25H32N2O7. The minimum Gasteiger partial charge on any atom is -0.467 e. The Morgan fingerprint density at radius 1 is 1.29 bits per heavy atom. The minimum absolute atomic E-state index is 0.125. The third-order valence-corrected chi connectivity index (χ3v) is 6.92. The molecule has 0 radical (unpaired) electrons. The van der Waals surface area contributed by atoms with Gasteiger partial charge in [-0.1, -0.05) is 0 Å². The van der Waals surface area contributed by atoms with E-state index in [0.717, 1.165) is 6.42 Å². The summed E-state index contributed by atoms with van der Waals surface area (Å²) in [4.78, 5) is 44.5. The molecule has 0 unspecified atom stereocenters. The Bertz CT molecular complexity index is 1040. The number of furan rings is 2. The van der Waals surface area contributed by atoms with E-state index in [1.807, 2.05) is 0 Å². The van der Waals surface area contributed by atoms with Crippen molar-refractivity contribution in [2.24, 2.45) is 5.92 Å². The van der Waals surface area contributed by atoms with Crippen LogP contribution in [0.1, 0.15) is 66.3 Å². The zero-order valence-electron chi connectivity index (χ0n) is 19.9. The molecule has 34 heavy (non-hydrogen) atoms. The molecule has 2 amide bonds. The van der Waals surface area contributed by atoms with E-state index in [4.69, 9.17) is 13.6 Å². The summed E-state index contributed by atoms with van der Waals surface area (Å²) in [5.74, 6) is -0.434. The van der Waals surface area contributed by atoms with Crippen molar-refractivity contribution < 1.29 is 33.1 Å². The maximum atomic E-state index is 14.2. The number of hydrogen-bond donors (Lipinski definition) is 1. The summed E-state index contributed by atoms with van der Waals surface area (Å²) in [5, 5.41) is 9.59. The van der Waals surface area contributed by atoms with E-state index in [2.05, 4.69) is 0 Å². The molecule has 0 aliphatic carbocycles. The average molecular weight is 473 g/mol. The van der Waals surface area contributed by atoms with E-state index in [1.54, 1.807) is 48.8 Å². The molecule has 2 aliphatic heterocycles. The molecule has 0 bridgehead atoms. The van der Waals surface area contributed by atoms with Crippen LogP contribution in [-0.2, 0) is 14.3 Å². The third kappa shape index (κ3) is 4.02. The number of amides is 2. The summed E-state index contributed by atoms with van der Waals surface area (Å²) < 4.78 is 16.7. The van der Waals surface area contributed by atoms with Crippen molar-refractivity contribution in [1.29, 1.82) is 0 Å². The van der Waals surface area contributed by atoms with Gasteiger partial charge in [-0.25, -0.2) is 0 Å². The van der Waals surface area contributed by atoms with Crippen LogP contribution in [0.5, 0.6) is 0 Å². The van der Waals surface area contributed by atoms with Crippen molar-refractivity contribution in [2.45, 2.75) is 58.0 Å². The lowest BCUT2D eigenvalue weighted by atomic mass is 9.85. The highest BCUT2D eigenvalue weighted by atomic mass is 16.5. The molecule has 2 aromatic heterocycles. The van der Waals surface area contributed by atoms with Gasteiger partial charge in [-0.05, 0) is 64.7 Å². The molecule has 0 saturated carbocycles. The summed E-state index contributed by atoms with van der Waals surface area (Å²) >= 11 is 0. The maximum absolute atomic E-state index is 14.2. The number of nitrogens with zero attached hydrogens (tertiary/aromatic N) is 2. The van der Waals surface area contributed by atoms with Gasteiger partial charge in [-0.2, -0.15) is 0 Å². The van der Waals surface area contributed by atoms with Crippen molar-refractivity contribution in [3.8, 4) is 0 Å². The molecule has 2 aliphatic rings. The highest BCUT2D eigenvalue weighted by Crippen LogP contribution is 2.52. The molecule has 4 rings (SSSR count). The molecule has 9 heteroatoms. The Morgan fingerprint density at radius 2 is 2.09 bits per heavy atom. The molecule has 2 saturated heterocycles. The smallest absolute Gasteiger partial charge is 0.311 e. The Labute approximate surface area is 198 Å². The van der Waals surface area contributed by atoms with Crippen LogP contribution in [0.25, 0.3) is 0 Å². The predicted molar refractivity (Wildman–Crippen MR) is 121 cm³/mol. The van der Waals surface area contributed by atoms with Gasteiger partial charge in [-0.3, -0.25) is 14.4 Å². The fourth-order valence-electron chi connectivity index (χ4n) is 5.53. The van der Waals surface area contributed by atoms with E-state index in [0.29, 0.717) is 42.2 Å². The van der Waals surface area contributed by atoms with Crippen molar-refractivity contribution in [1.82, 2.24) is 9.80 Å². The topological polar surface area (TPSA) is 113 Å². The summed E-state index contributed by atoms with van der Waals surface area (Å²) in [7, 11) is 0. The Balaban J connectivity index is 1.90. The molecule has 3 atom stereocenters. The second-order valence-corrected chi connectivity index (χ2v) is 9.03. The van der Waals surface area contributed by atoms with Crippen LogP contribution in [0.4, 0.5) is 0 Å². The van der Waals surface area contributed by atoms with Crippen LogP contribution in [0.15, 0.2) is 33.3 Å². The molecular weight excluding hydrogens is 440 g/mol. The molecule has 9 nitrogen and oxygen atoms in total. The largest absolute Gasteiger partial charge is 0.467 e. The highest BCUT2D eigenvalue weighted by molar-refractivity contribution is 6.02. The van der Waals surface area contributed by atoms with Crippen LogP contribution in [0.3, 0.4) is 0 Å². The van der Waals surface area contributed by atoms with Gasteiger partial charge < -0.3 is 28.5 Å². The summed E-state index contributed by atoms with van der Waals surface area (Å²) in [6.07, 6.45) is 3.46. The number of esters is 1. The quantitative estimate of drug-likeness (QED) is 0.643. The lowest BCUT2D eigenvalue weighted by molar-refractivity contribution is -0.149. The number of hydrogen-bond acceptors (Lipinski definition) is 7. The van der Waals surface area contributed by atoms with E-state index < -0.39 is 23.5 Å². The first-order valence-electron chi connectivity index (χ1n) is 11.8. The number of aliphatic hydroxyl groups excluding tert-OH is 1. The van der Waals surface area contributed by atoms with Gasteiger partial charge in [0.2, 0.25) is 5.91 Å². The first kappa shape index (κ1) is 24.1. The SMILES string of the molecule is CCOC(=O)[C@H]1C[C@]2(CCCCN(CCO)C2=O)N(C(=O)c2cc(C)oc2C)[C@H]1c1ccco1. The summed E-state index contributed by atoms with van der Waals surface area (Å²) in [6, 6.07) is 4.27. The molecule has 4 heterocycles. The number of rotatable bonds is 6. The maximum Gasteiger partial charge on any atom is 0.311 e. The number of ether oxygens (including phenoxy) is 1. The fraction of sp³-hybridized carbons (Fsp3) is 0.560. The van der Waals surface area contributed by atoms with Gasteiger partial charge in [0.05, 0.1) is 31.0 Å². The van der Waals surface area contributed by atoms with E-state index in [9.17, 15) is 19.5 Å². The number of likely N-dealkylation sites (tertiary alicyclic amines) is 2. The number of carbonyl (C=O) groups is 3. The second-order valence-electron chi connectivity index (χ2n) is 9.03. The zero-order valence-corrected chi connectivity index (χ0v) is 19.9. The van der Waals surface area contributed by atoms with E-state index in [1.165, 1.54) is 6.26 Å². The van der Waals surface area contributed by atoms with E-state index in [-0.39, 0.29) is 38.0 Å². The molecule has 1 N–H and O–H groups in total. The summed E-state index contributed by atoms with van der Waals surface area (Å²) in [6.45, 7) is 5.86. The number of aliphatic hydroxyl groups is 1.